The highest BCUT2D eigenvalue weighted by molar-refractivity contribution is 6.30. The first-order valence-electron chi connectivity index (χ1n) is 6.59. The van der Waals surface area contributed by atoms with Crippen molar-refractivity contribution in [1.29, 1.82) is 0 Å². The topological polar surface area (TPSA) is 99.6 Å². The van der Waals surface area contributed by atoms with Gasteiger partial charge in [-0.15, -0.1) is 5.11 Å². The van der Waals surface area contributed by atoms with Gasteiger partial charge in [0.1, 0.15) is 5.69 Å². The summed E-state index contributed by atoms with van der Waals surface area (Å²) >= 11 is 5.86. The Bertz CT molecular complexity index is 757. The van der Waals surface area contributed by atoms with Crippen molar-refractivity contribution in [2.45, 2.75) is 13.3 Å². The number of amides is 1. The van der Waals surface area contributed by atoms with Gasteiger partial charge < -0.3 is 5.32 Å². The van der Waals surface area contributed by atoms with Crippen molar-refractivity contribution in [1.82, 2.24) is 9.97 Å². The molecule has 0 aliphatic carbocycles. The second kappa shape index (κ2) is 7.46. The lowest BCUT2D eigenvalue weighted by Gasteiger charge is -2.04. The lowest BCUT2D eigenvalue weighted by molar-refractivity contribution is -0.115. The predicted octanol–water partition coefficient (Wildman–Crippen LogP) is 2.71. The second-order valence-corrected chi connectivity index (χ2v) is 4.80. The van der Waals surface area contributed by atoms with Crippen molar-refractivity contribution < 1.29 is 4.79 Å². The first kappa shape index (κ1) is 15.8. The molecule has 22 heavy (non-hydrogen) atoms. The average Bonchev–Trinajstić information content (AvgIpc) is 2.47. The summed E-state index contributed by atoms with van der Waals surface area (Å²) in [5.41, 5.74) is 0.324. The minimum atomic E-state index is -0.487. The number of azo groups is 1. The zero-order valence-electron chi connectivity index (χ0n) is 11.8. The van der Waals surface area contributed by atoms with Gasteiger partial charge in [-0.25, -0.2) is 4.98 Å². The fraction of sp³-hybridized carbons (Fsp3) is 0.214. The van der Waals surface area contributed by atoms with Crippen LogP contribution in [0.3, 0.4) is 0 Å². The first-order chi connectivity index (χ1) is 10.6. The van der Waals surface area contributed by atoms with Crippen LogP contribution in [0.2, 0.25) is 5.02 Å². The van der Waals surface area contributed by atoms with E-state index >= 15 is 0 Å². The summed E-state index contributed by atoms with van der Waals surface area (Å²) in [4.78, 5) is 30.1. The van der Waals surface area contributed by atoms with Crippen LogP contribution in [0.15, 0.2) is 45.5 Å². The summed E-state index contributed by atoms with van der Waals surface area (Å²) in [6.45, 7) is 2.30. The number of nitrogens with zero attached hydrogens (tertiary/aromatic N) is 3. The van der Waals surface area contributed by atoms with Crippen molar-refractivity contribution >= 4 is 29.1 Å². The van der Waals surface area contributed by atoms with Crippen molar-refractivity contribution in [2.75, 3.05) is 11.9 Å². The van der Waals surface area contributed by atoms with Crippen LogP contribution in [-0.2, 0) is 11.2 Å². The number of anilines is 1. The lowest BCUT2D eigenvalue weighted by atomic mass is 10.1. The van der Waals surface area contributed by atoms with Gasteiger partial charge in [-0.05, 0) is 24.6 Å². The zero-order valence-corrected chi connectivity index (χ0v) is 12.6. The van der Waals surface area contributed by atoms with Crippen LogP contribution in [0.5, 0.6) is 0 Å². The molecule has 0 saturated carbocycles. The van der Waals surface area contributed by atoms with E-state index in [0.29, 0.717) is 11.6 Å². The maximum absolute atomic E-state index is 11.9. The van der Waals surface area contributed by atoms with E-state index in [1.54, 1.807) is 24.3 Å². The third-order valence-electron chi connectivity index (χ3n) is 2.62. The van der Waals surface area contributed by atoms with Gasteiger partial charge in [-0.1, -0.05) is 23.7 Å². The predicted molar refractivity (Wildman–Crippen MR) is 83.7 cm³/mol. The number of halogens is 1. The molecule has 0 fully saturated rings. The summed E-state index contributed by atoms with van der Waals surface area (Å²) in [6.07, 6.45) is 1.36. The van der Waals surface area contributed by atoms with Crippen LogP contribution in [0.25, 0.3) is 0 Å². The summed E-state index contributed by atoms with van der Waals surface area (Å²) in [5, 5.41) is 10.5. The molecule has 0 atom stereocenters. The number of aromatic nitrogens is 2. The standard InChI is InChI=1S/C14H14ClN5O2/c1-2-17-20-14-16-8-11(13(22)19-14)18-12(21)7-9-4-3-5-10(15)6-9/h3-6,8H,2,7H2,1H3,(H,18,21)(H,16,19,22). The molecule has 0 aliphatic rings. The molecule has 2 aromatic rings. The molecule has 1 amide bonds. The average molecular weight is 320 g/mol. The highest BCUT2D eigenvalue weighted by Gasteiger charge is 2.08. The number of hydrogen-bond donors (Lipinski definition) is 2. The van der Waals surface area contributed by atoms with Gasteiger partial charge in [0.25, 0.3) is 5.56 Å². The molecule has 1 aromatic carbocycles. The molecule has 0 unspecified atom stereocenters. The van der Waals surface area contributed by atoms with Crippen LogP contribution >= 0.6 is 11.6 Å². The minimum absolute atomic E-state index is 0.0578. The van der Waals surface area contributed by atoms with E-state index < -0.39 is 5.56 Å². The number of H-pyrrole nitrogens is 1. The Hall–Kier alpha value is -2.54. The Morgan fingerprint density at radius 1 is 1.45 bits per heavy atom. The molecule has 1 aromatic heterocycles. The third kappa shape index (κ3) is 4.49. The smallest absolute Gasteiger partial charge is 0.276 e. The Balaban J connectivity index is 2.05. The lowest BCUT2D eigenvalue weighted by Crippen LogP contribution is -2.21. The van der Waals surface area contributed by atoms with Gasteiger partial charge in [-0.3, -0.25) is 14.6 Å². The van der Waals surface area contributed by atoms with Crippen LogP contribution in [0, 0.1) is 0 Å². The van der Waals surface area contributed by atoms with E-state index in [1.807, 2.05) is 6.92 Å². The van der Waals surface area contributed by atoms with Gasteiger partial charge in [0.15, 0.2) is 0 Å². The molecule has 114 valence electrons. The van der Waals surface area contributed by atoms with Gasteiger partial charge in [0.05, 0.1) is 19.2 Å². The molecule has 2 N–H and O–H groups in total. The SMILES string of the molecule is CCN=Nc1ncc(NC(=O)Cc2cccc(Cl)c2)c(=O)[nH]1. The summed E-state index contributed by atoms with van der Waals surface area (Å²) in [7, 11) is 0. The highest BCUT2D eigenvalue weighted by Crippen LogP contribution is 2.11. The maximum atomic E-state index is 11.9. The number of rotatable bonds is 5. The number of carbonyl (C=O) groups is 1. The van der Waals surface area contributed by atoms with Crippen LogP contribution < -0.4 is 10.9 Å². The molecule has 0 spiro atoms. The normalized spacial score (nSPS) is 10.8. The molecule has 2 rings (SSSR count). The number of benzene rings is 1. The molecule has 0 radical (unpaired) electrons. The van der Waals surface area contributed by atoms with Crippen molar-refractivity contribution in [3.63, 3.8) is 0 Å². The second-order valence-electron chi connectivity index (χ2n) is 4.36. The van der Waals surface area contributed by atoms with Gasteiger partial charge in [0, 0.05) is 5.02 Å². The van der Waals surface area contributed by atoms with Gasteiger partial charge in [0.2, 0.25) is 11.9 Å². The fourth-order valence-electron chi connectivity index (χ4n) is 1.69. The number of nitrogens with one attached hydrogen (secondary N) is 2. The minimum Gasteiger partial charge on any atom is -0.320 e. The monoisotopic (exact) mass is 319 g/mol. The van der Waals surface area contributed by atoms with Crippen molar-refractivity contribution in [3.8, 4) is 0 Å². The van der Waals surface area contributed by atoms with E-state index in [9.17, 15) is 9.59 Å². The molecule has 8 heteroatoms. The molecular formula is C14H14ClN5O2. The van der Waals surface area contributed by atoms with E-state index in [-0.39, 0.29) is 24.0 Å². The van der Waals surface area contributed by atoms with Crippen LogP contribution in [0.1, 0.15) is 12.5 Å². The van der Waals surface area contributed by atoms with E-state index in [0.717, 1.165) is 5.56 Å². The molecule has 0 saturated heterocycles. The van der Waals surface area contributed by atoms with Crippen molar-refractivity contribution in [3.05, 3.63) is 51.4 Å². The Morgan fingerprint density at radius 3 is 2.95 bits per heavy atom. The summed E-state index contributed by atoms with van der Waals surface area (Å²) < 4.78 is 0. The number of aromatic amines is 1. The molecule has 7 nitrogen and oxygen atoms in total. The fourth-order valence-corrected chi connectivity index (χ4v) is 1.90. The van der Waals surface area contributed by atoms with E-state index in [2.05, 4.69) is 25.5 Å². The van der Waals surface area contributed by atoms with Crippen molar-refractivity contribution in [2.24, 2.45) is 10.2 Å². The van der Waals surface area contributed by atoms with Gasteiger partial charge >= 0.3 is 0 Å². The zero-order chi connectivity index (χ0) is 15.9. The first-order valence-corrected chi connectivity index (χ1v) is 6.97. The number of hydrogen-bond acceptors (Lipinski definition) is 5. The molecular weight excluding hydrogens is 306 g/mol. The quantitative estimate of drug-likeness (QED) is 0.829. The van der Waals surface area contributed by atoms with Gasteiger partial charge in [-0.2, -0.15) is 5.11 Å². The summed E-state index contributed by atoms with van der Waals surface area (Å²) in [6, 6.07) is 6.95. The third-order valence-corrected chi connectivity index (χ3v) is 2.86. The van der Waals surface area contributed by atoms with E-state index in [4.69, 9.17) is 11.6 Å². The molecule has 0 aliphatic heterocycles. The molecule has 1 heterocycles. The summed E-state index contributed by atoms with van der Waals surface area (Å²) in [5.74, 6) is -0.239. The highest BCUT2D eigenvalue weighted by atomic mass is 35.5. The molecule has 0 bridgehead atoms. The Labute approximate surface area is 131 Å². The van der Waals surface area contributed by atoms with Crippen LogP contribution in [0.4, 0.5) is 11.6 Å². The maximum Gasteiger partial charge on any atom is 0.276 e. The van der Waals surface area contributed by atoms with Crippen LogP contribution in [-0.4, -0.2) is 22.4 Å². The number of carbonyl (C=O) groups excluding carboxylic acids is 1. The van der Waals surface area contributed by atoms with E-state index in [1.165, 1.54) is 6.20 Å². The largest absolute Gasteiger partial charge is 0.320 e. The Morgan fingerprint density at radius 2 is 2.27 bits per heavy atom. The Kier molecular flexibility index (Phi) is 5.37.